The molecule has 0 saturated carbocycles. The molecule has 0 bridgehead atoms. The van der Waals surface area contributed by atoms with Gasteiger partial charge < -0.3 is 15.2 Å². The maximum Gasteiger partial charge on any atom is 0.191 e. The molecule has 7 heteroatoms. The zero-order chi connectivity index (χ0) is 18.2. The molecule has 2 heterocycles. The molecule has 0 spiro atoms. The van der Waals surface area contributed by atoms with E-state index in [9.17, 15) is 0 Å². The summed E-state index contributed by atoms with van der Waals surface area (Å²) in [6, 6.07) is 14.7. The lowest BCUT2D eigenvalue weighted by Crippen LogP contribution is -2.39. The van der Waals surface area contributed by atoms with Gasteiger partial charge in [-0.3, -0.25) is 4.99 Å². The molecule has 0 saturated heterocycles. The average molecular weight is 495 g/mol. The summed E-state index contributed by atoms with van der Waals surface area (Å²) >= 11 is 1.79. The summed E-state index contributed by atoms with van der Waals surface area (Å²) in [6.45, 7) is 4.52. The van der Waals surface area contributed by atoms with Crippen molar-refractivity contribution in [2.75, 3.05) is 13.6 Å². The summed E-state index contributed by atoms with van der Waals surface area (Å²) in [7, 11) is 1.79. The van der Waals surface area contributed by atoms with Crippen LogP contribution in [0.4, 0.5) is 0 Å². The number of halogens is 1. The van der Waals surface area contributed by atoms with Crippen molar-refractivity contribution in [1.29, 1.82) is 0 Å². The van der Waals surface area contributed by atoms with Gasteiger partial charge in [0.05, 0.1) is 6.54 Å². The normalized spacial score (nSPS) is 12.3. The Kier molecular flexibility index (Phi) is 8.80. The molecule has 144 valence electrons. The van der Waals surface area contributed by atoms with Crippen molar-refractivity contribution in [2.24, 2.45) is 4.99 Å². The second kappa shape index (κ2) is 11.1. The SMILES string of the molecule is CN=C(NCc1nccn1Cc1ccccc1)NCC(C)c1cccs1.I. The maximum absolute atomic E-state index is 4.47. The zero-order valence-electron chi connectivity index (χ0n) is 15.6. The number of guanidine groups is 1. The molecule has 0 amide bonds. The van der Waals surface area contributed by atoms with Crippen LogP contribution in [-0.2, 0) is 13.1 Å². The third-order valence-electron chi connectivity index (χ3n) is 4.24. The van der Waals surface area contributed by atoms with Gasteiger partial charge in [-0.15, -0.1) is 35.3 Å². The highest BCUT2D eigenvalue weighted by molar-refractivity contribution is 14.0. The number of rotatable bonds is 7. The van der Waals surface area contributed by atoms with Crippen LogP contribution in [0.3, 0.4) is 0 Å². The maximum atomic E-state index is 4.47. The van der Waals surface area contributed by atoms with Crippen molar-refractivity contribution in [2.45, 2.75) is 25.9 Å². The fourth-order valence-corrected chi connectivity index (χ4v) is 3.52. The molecule has 0 fully saturated rings. The molecule has 5 nitrogen and oxygen atoms in total. The van der Waals surface area contributed by atoms with Gasteiger partial charge in [-0.1, -0.05) is 43.3 Å². The molecule has 1 atom stereocenters. The first-order chi connectivity index (χ1) is 12.8. The number of nitrogens with zero attached hydrogens (tertiary/aromatic N) is 3. The lowest BCUT2D eigenvalue weighted by molar-refractivity contribution is 0.673. The first kappa shape index (κ1) is 21.4. The summed E-state index contributed by atoms with van der Waals surface area (Å²) in [5.74, 6) is 2.24. The lowest BCUT2D eigenvalue weighted by Gasteiger charge is -2.15. The van der Waals surface area contributed by atoms with Gasteiger partial charge >= 0.3 is 0 Å². The number of thiophene rings is 1. The molecule has 3 rings (SSSR count). The number of hydrogen-bond donors (Lipinski definition) is 2. The Morgan fingerprint density at radius 1 is 1.19 bits per heavy atom. The van der Waals surface area contributed by atoms with Gasteiger partial charge in [0, 0.05) is 43.3 Å². The van der Waals surface area contributed by atoms with Crippen LogP contribution in [0.25, 0.3) is 0 Å². The fourth-order valence-electron chi connectivity index (χ4n) is 2.74. The predicted molar refractivity (Wildman–Crippen MR) is 124 cm³/mol. The number of benzene rings is 1. The summed E-state index contributed by atoms with van der Waals surface area (Å²) in [5, 5.41) is 8.87. The van der Waals surface area contributed by atoms with E-state index in [1.165, 1.54) is 10.4 Å². The van der Waals surface area contributed by atoms with Crippen LogP contribution in [0.2, 0.25) is 0 Å². The van der Waals surface area contributed by atoms with Gasteiger partial charge in [-0.25, -0.2) is 4.98 Å². The molecule has 3 aromatic rings. The minimum atomic E-state index is 0. The average Bonchev–Trinajstić information content (AvgIpc) is 3.35. The predicted octanol–water partition coefficient (Wildman–Crippen LogP) is 4.08. The van der Waals surface area contributed by atoms with E-state index in [1.54, 1.807) is 18.4 Å². The number of aliphatic imine (C=N–C) groups is 1. The lowest BCUT2D eigenvalue weighted by atomic mass is 10.1. The highest BCUT2D eigenvalue weighted by atomic mass is 127. The largest absolute Gasteiger partial charge is 0.356 e. The fraction of sp³-hybridized carbons (Fsp3) is 0.300. The van der Waals surface area contributed by atoms with Crippen LogP contribution in [0.1, 0.15) is 29.1 Å². The van der Waals surface area contributed by atoms with E-state index in [2.05, 4.69) is 73.9 Å². The molecule has 27 heavy (non-hydrogen) atoms. The van der Waals surface area contributed by atoms with E-state index >= 15 is 0 Å². The van der Waals surface area contributed by atoms with Crippen LogP contribution in [0.15, 0.2) is 65.2 Å². The topological polar surface area (TPSA) is 54.2 Å². The van der Waals surface area contributed by atoms with Crippen molar-refractivity contribution in [3.8, 4) is 0 Å². The van der Waals surface area contributed by atoms with E-state index in [-0.39, 0.29) is 24.0 Å². The molecule has 1 unspecified atom stereocenters. The minimum Gasteiger partial charge on any atom is -0.356 e. The number of nitrogens with one attached hydrogen (secondary N) is 2. The Bertz CT molecular complexity index is 814. The van der Waals surface area contributed by atoms with Crippen molar-refractivity contribution < 1.29 is 0 Å². The minimum absolute atomic E-state index is 0. The van der Waals surface area contributed by atoms with Gasteiger partial charge in [-0.2, -0.15) is 0 Å². The first-order valence-electron chi connectivity index (χ1n) is 8.78. The Morgan fingerprint density at radius 3 is 2.70 bits per heavy atom. The second-order valence-corrected chi connectivity index (χ2v) is 7.16. The van der Waals surface area contributed by atoms with Crippen molar-refractivity contribution in [1.82, 2.24) is 20.2 Å². The van der Waals surface area contributed by atoms with E-state index < -0.39 is 0 Å². The third kappa shape index (κ3) is 6.35. The summed E-state index contributed by atoms with van der Waals surface area (Å²) in [6.07, 6.45) is 3.86. The number of hydrogen-bond acceptors (Lipinski definition) is 3. The second-order valence-electron chi connectivity index (χ2n) is 6.18. The van der Waals surface area contributed by atoms with E-state index in [0.29, 0.717) is 12.5 Å². The van der Waals surface area contributed by atoms with Gasteiger partial charge in [0.2, 0.25) is 0 Å². The molecule has 0 radical (unpaired) electrons. The van der Waals surface area contributed by atoms with Crippen molar-refractivity contribution >= 4 is 41.3 Å². The number of imidazole rings is 1. The van der Waals surface area contributed by atoms with Crippen molar-refractivity contribution in [3.63, 3.8) is 0 Å². The highest BCUT2D eigenvalue weighted by Crippen LogP contribution is 2.19. The molecule has 2 N–H and O–H groups in total. The molecule has 0 aliphatic heterocycles. The molecular formula is C20H26IN5S. The molecule has 0 aliphatic rings. The Hall–Kier alpha value is -1.87. The van der Waals surface area contributed by atoms with Crippen LogP contribution in [-0.4, -0.2) is 29.1 Å². The van der Waals surface area contributed by atoms with Crippen molar-refractivity contribution in [3.05, 3.63) is 76.5 Å². The van der Waals surface area contributed by atoms with Gasteiger partial charge in [-0.05, 0) is 17.0 Å². The monoisotopic (exact) mass is 495 g/mol. The summed E-state index contributed by atoms with van der Waals surface area (Å²) in [5.41, 5.74) is 1.26. The van der Waals surface area contributed by atoms with E-state index in [1.807, 2.05) is 18.5 Å². The smallest absolute Gasteiger partial charge is 0.191 e. The van der Waals surface area contributed by atoms with E-state index in [4.69, 9.17) is 0 Å². The Morgan fingerprint density at radius 2 is 2.00 bits per heavy atom. The standard InChI is InChI=1S/C20H25N5S.HI/c1-16(18-9-6-12-26-18)13-23-20(21-2)24-14-19-22-10-11-25(19)15-17-7-4-3-5-8-17;/h3-12,16H,13-15H2,1-2H3,(H2,21,23,24);1H. The van der Waals surface area contributed by atoms with E-state index in [0.717, 1.165) is 24.9 Å². The molecular weight excluding hydrogens is 469 g/mol. The van der Waals surface area contributed by atoms with Gasteiger partial charge in [0.25, 0.3) is 0 Å². The summed E-state index contributed by atoms with van der Waals surface area (Å²) in [4.78, 5) is 10.2. The highest BCUT2D eigenvalue weighted by Gasteiger charge is 2.09. The molecule has 0 aliphatic carbocycles. The Labute approximate surface area is 182 Å². The quantitative estimate of drug-likeness (QED) is 0.295. The first-order valence-corrected chi connectivity index (χ1v) is 9.66. The van der Waals surface area contributed by atoms with Gasteiger partial charge in [0.1, 0.15) is 5.82 Å². The van der Waals surface area contributed by atoms with Crippen LogP contribution in [0, 0.1) is 0 Å². The van der Waals surface area contributed by atoms with Gasteiger partial charge in [0.15, 0.2) is 5.96 Å². The third-order valence-corrected chi connectivity index (χ3v) is 5.34. The van der Waals surface area contributed by atoms with Crippen LogP contribution >= 0.6 is 35.3 Å². The molecule has 2 aromatic heterocycles. The van der Waals surface area contributed by atoms with Crippen LogP contribution < -0.4 is 10.6 Å². The zero-order valence-corrected chi connectivity index (χ0v) is 18.8. The van der Waals surface area contributed by atoms with Crippen LogP contribution in [0.5, 0.6) is 0 Å². The summed E-state index contributed by atoms with van der Waals surface area (Å²) < 4.78 is 2.16. The number of aromatic nitrogens is 2. The molecule has 1 aromatic carbocycles. The Balaban J connectivity index is 0.00000261.